The van der Waals surface area contributed by atoms with Crippen LogP contribution in [0.3, 0.4) is 0 Å². The molecule has 0 spiro atoms. The maximum atomic E-state index is 14.6. The van der Waals surface area contributed by atoms with Crippen molar-refractivity contribution in [1.29, 1.82) is 0 Å². The molecule has 2 fully saturated rings. The molecule has 47 heavy (non-hydrogen) atoms. The molecular formula is C35H40Cl2FN7O2. The predicted molar refractivity (Wildman–Crippen MR) is 188 cm³/mol. The van der Waals surface area contributed by atoms with Gasteiger partial charge in [-0.1, -0.05) is 42.3 Å². The fourth-order valence-electron chi connectivity index (χ4n) is 6.79. The van der Waals surface area contributed by atoms with Gasteiger partial charge in [-0.05, 0) is 76.4 Å². The van der Waals surface area contributed by atoms with Crippen molar-refractivity contribution in [3.05, 3.63) is 74.4 Å². The van der Waals surface area contributed by atoms with E-state index in [9.17, 15) is 14.0 Å². The lowest BCUT2D eigenvalue weighted by Gasteiger charge is -2.39. The Kier molecular flexibility index (Phi) is 9.73. The van der Waals surface area contributed by atoms with Crippen LogP contribution in [0.4, 0.5) is 21.7 Å². The number of nitrogens with one attached hydrogen (secondary N) is 2. The second-order valence-corrected chi connectivity index (χ2v) is 13.5. The van der Waals surface area contributed by atoms with Crippen LogP contribution in [0.1, 0.15) is 57.6 Å². The third-order valence-corrected chi connectivity index (χ3v) is 10.4. The minimum Gasteiger partial charge on any atom is -0.367 e. The largest absolute Gasteiger partial charge is 0.367 e. The van der Waals surface area contributed by atoms with Crippen LogP contribution in [0.2, 0.25) is 10.0 Å². The van der Waals surface area contributed by atoms with Crippen molar-refractivity contribution in [1.82, 2.24) is 24.8 Å². The number of pyridine rings is 1. The van der Waals surface area contributed by atoms with Gasteiger partial charge in [0.2, 0.25) is 11.9 Å². The van der Waals surface area contributed by atoms with Crippen LogP contribution < -0.4 is 21.1 Å². The van der Waals surface area contributed by atoms with E-state index in [1.54, 1.807) is 22.9 Å². The zero-order valence-corrected chi connectivity index (χ0v) is 28.6. The Hall–Kier alpha value is -3.73. The van der Waals surface area contributed by atoms with E-state index in [1.807, 2.05) is 32.0 Å². The summed E-state index contributed by atoms with van der Waals surface area (Å²) in [5.74, 6) is -0.254. The Morgan fingerprint density at radius 2 is 1.87 bits per heavy atom. The highest BCUT2D eigenvalue weighted by Crippen LogP contribution is 2.37. The number of hydrogen-bond donors (Lipinski definition) is 2. The molecule has 2 aliphatic rings. The number of piperazine rings is 1. The number of hydrogen-bond acceptors (Lipinski definition) is 7. The Morgan fingerprint density at radius 3 is 2.57 bits per heavy atom. The molecular weight excluding hydrogens is 640 g/mol. The van der Waals surface area contributed by atoms with Crippen LogP contribution in [0.25, 0.3) is 22.2 Å². The molecule has 2 aromatic heterocycles. The third-order valence-electron chi connectivity index (χ3n) is 9.68. The Bertz CT molecular complexity index is 1880. The van der Waals surface area contributed by atoms with Crippen molar-refractivity contribution >= 4 is 57.5 Å². The van der Waals surface area contributed by atoms with Gasteiger partial charge in [0.1, 0.15) is 11.5 Å². The molecule has 1 amide bonds. The Labute approximate surface area is 284 Å². The second kappa shape index (κ2) is 13.8. The number of fused-ring (bicyclic) bond motifs is 1. The zero-order valence-electron chi connectivity index (χ0n) is 27.1. The minimum absolute atomic E-state index is 0.0177. The lowest BCUT2D eigenvalue weighted by molar-refractivity contribution is -0.121. The molecule has 1 saturated heterocycles. The molecule has 0 unspecified atom stereocenters. The summed E-state index contributed by atoms with van der Waals surface area (Å²) >= 11 is 13.2. The highest BCUT2D eigenvalue weighted by atomic mass is 35.5. The van der Waals surface area contributed by atoms with Gasteiger partial charge >= 0.3 is 0 Å². The number of halogens is 3. The molecule has 1 aliphatic heterocycles. The van der Waals surface area contributed by atoms with E-state index in [0.717, 1.165) is 43.9 Å². The first-order valence-electron chi connectivity index (χ1n) is 16.2. The highest BCUT2D eigenvalue weighted by Gasteiger charge is 2.29. The van der Waals surface area contributed by atoms with E-state index in [0.29, 0.717) is 64.0 Å². The number of aromatic nitrogens is 3. The molecule has 248 valence electrons. The summed E-state index contributed by atoms with van der Waals surface area (Å²) in [7, 11) is 2.14. The summed E-state index contributed by atoms with van der Waals surface area (Å²) in [4.78, 5) is 40.6. The highest BCUT2D eigenvalue weighted by molar-refractivity contribution is 6.34. The monoisotopic (exact) mass is 679 g/mol. The van der Waals surface area contributed by atoms with Gasteiger partial charge < -0.3 is 20.4 Å². The fraction of sp³-hybridized carbons (Fsp3) is 0.429. The second-order valence-electron chi connectivity index (χ2n) is 12.7. The van der Waals surface area contributed by atoms with E-state index in [2.05, 4.69) is 39.4 Å². The predicted octanol–water partition coefficient (Wildman–Crippen LogP) is 7.11. The summed E-state index contributed by atoms with van der Waals surface area (Å²) in [6.07, 6.45) is 4.90. The smallest absolute Gasteiger partial charge is 0.260 e. The summed E-state index contributed by atoms with van der Waals surface area (Å²) in [5, 5.41) is 7.57. The molecule has 2 aromatic carbocycles. The number of carbonyl (C=O) groups is 1. The Morgan fingerprint density at radius 1 is 1.11 bits per heavy atom. The normalized spacial score (nSPS) is 20.4. The molecule has 2 N–H and O–H groups in total. The minimum atomic E-state index is -0.593. The molecule has 1 aliphatic carbocycles. The molecule has 0 radical (unpaired) electrons. The van der Waals surface area contributed by atoms with E-state index in [-0.39, 0.29) is 28.6 Å². The number of amides is 1. The van der Waals surface area contributed by atoms with Crippen molar-refractivity contribution in [2.45, 2.75) is 71.0 Å². The van der Waals surface area contributed by atoms with Crippen LogP contribution in [0.5, 0.6) is 0 Å². The standard InChI is InChI=1S/C35H40Cl2FN7O2/c1-5-30(46)40-22-9-12-24(13-10-22)45-33-26(21(3)31(34(45)47)25-7-6-8-28(38)32(25)37)18-39-35(42-33)41-23-11-14-29(27(36)17-23)44-16-15-43(4)20(2)19-44/h6-8,11,14,17-18,20,22,24H,5,9-10,12-13,15-16,19H2,1-4H3,(H,40,46)(H,39,41,42)/t20-,22?,24?/m1/s1. The van der Waals surface area contributed by atoms with Crippen LogP contribution in [0, 0.1) is 12.7 Å². The Balaban J connectivity index is 1.38. The maximum absolute atomic E-state index is 14.6. The van der Waals surface area contributed by atoms with Crippen molar-refractivity contribution in [3.63, 3.8) is 0 Å². The van der Waals surface area contributed by atoms with E-state index < -0.39 is 5.82 Å². The molecule has 0 bridgehead atoms. The fourth-order valence-corrected chi connectivity index (χ4v) is 7.31. The van der Waals surface area contributed by atoms with E-state index in [1.165, 1.54) is 6.07 Å². The number of rotatable bonds is 7. The van der Waals surface area contributed by atoms with Gasteiger partial charge in [-0.15, -0.1) is 0 Å². The molecule has 3 heterocycles. The van der Waals surface area contributed by atoms with Gasteiger partial charge in [0, 0.05) is 67.0 Å². The lowest BCUT2D eigenvalue weighted by atomic mass is 9.90. The number of likely N-dealkylation sites (N-methyl/N-ethyl adjacent to an activating group) is 1. The maximum Gasteiger partial charge on any atom is 0.260 e. The number of aryl methyl sites for hydroxylation is 1. The summed E-state index contributed by atoms with van der Waals surface area (Å²) in [5.41, 5.74) is 3.18. The third kappa shape index (κ3) is 6.68. The van der Waals surface area contributed by atoms with Crippen molar-refractivity contribution in [2.24, 2.45) is 0 Å². The van der Waals surface area contributed by atoms with Crippen LogP contribution in [0.15, 0.2) is 47.4 Å². The lowest BCUT2D eigenvalue weighted by Crippen LogP contribution is -2.50. The first-order valence-corrected chi connectivity index (χ1v) is 17.0. The van der Waals surface area contributed by atoms with Gasteiger partial charge in [-0.2, -0.15) is 4.98 Å². The van der Waals surface area contributed by atoms with Crippen molar-refractivity contribution in [3.8, 4) is 11.1 Å². The molecule has 1 saturated carbocycles. The van der Waals surface area contributed by atoms with Gasteiger partial charge in [0.05, 0.1) is 21.3 Å². The number of carbonyl (C=O) groups excluding carboxylic acids is 1. The number of benzene rings is 2. The molecule has 9 nitrogen and oxygen atoms in total. The zero-order chi connectivity index (χ0) is 33.4. The quantitative estimate of drug-likeness (QED) is 0.215. The summed E-state index contributed by atoms with van der Waals surface area (Å²) in [6, 6.07) is 10.6. The summed E-state index contributed by atoms with van der Waals surface area (Å²) in [6.45, 7) is 8.61. The van der Waals surface area contributed by atoms with Crippen LogP contribution in [-0.4, -0.2) is 64.1 Å². The van der Waals surface area contributed by atoms with Gasteiger partial charge in [0.25, 0.3) is 5.56 Å². The van der Waals surface area contributed by atoms with E-state index >= 15 is 0 Å². The molecule has 4 aromatic rings. The summed E-state index contributed by atoms with van der Waals surface area (Å²) < 4.78 is 16.3. The molecule has 6 rings (SSSR count). The average molecular weight is 681 g/mol. The topological polar surface area (TPSA) is 95.4 Å². The SMILES string of the molecule is CCC(=O)NC1CCC(n2c(=O)c(-c3cccc(F)c3Cl)c(C)c3cnc(Nc4ccc(N5CCN(C)[C@H](C)C5)c(Cl)c4)nc32)CC1. The molecule has 1 atom stereocenters. The first-order chi connectivity index (χ1) is 22.5. The van der Waals surface area contributed by atoms with Gasteiger partial charge in [0.15, 0.2) is 0 Å². The van der Waals surface area contributed by atoms with Crippen LogP contribution >= 0.6 is 23.2 Å². The van der Waals surface area contributed by atoms with Crippen LogP contribution in [-0.2, 0) is 4.79 Å². The first kappa shape index (κ1) is 33.2. The number of anilines is 3. The number of nitrogens with zero attached hydrogens (tertiary/aromatic N) is 5. The van der Waals surface area contributed by atoms with Crippen molar-refractivity contribution < 1.29 is 9.18 Å². The van der Waals surface area contributed by atoms with Gasteiger partial charge in [-0.3, -0.25) is 14.2 Å². The van der Waals surface area contributed by atoms with E-state index in [4.69, 9.17) is 28.2 Å². The average Bonchev–Trinajstić information content (AvgIpc) is 3.05. The molecule has 12 heteroatoms. The van der Waals surface area contributed by atoms with Gasteiger partial charge in [-0.25, -0.2) is 9.37 Å². The van der Waals surface area contributed by atoms with Crippen molar-refractivity contribution in [2.75, 3.05) is 36.9 Å².